The van der Waals surface area contributed by atoms with Gasteiger partial charge in [-0.3, -0.25) is 4.31 Å². The average molecular weight is 434 g/mol. The maximum atomic E-state index is 12.9. The second-order valence-corrected chi connectivity index (χ2v) is 7.94. The van der Waals surface area contributed by atoms with Crippen molar-refractivity contribution >= 4 is 53.3 Å². The molecular formula is C14H14Br2N2O2S. The van der Waals surface area contributed by atoms with Crippen LogP contribution in [0.2, 0.25) is 0 Å². The van der Waals surface area contributed by atoms with Gasteiger partial charge in [0.15, 0.2) is 0 Å². The number of sulfonamides is 1. The summed E-state index contributed by atoms with van der Waals surface area (Å²) in [5, 5.41) is 0. The highest BCUT2D eigenvalue weighted by molar-refractivity contribution is 9.11. The van der Waals surface area contributed by atoms with E-state index in [1.54, 1.807) is 49.4 Å². The number of benzene rings is 2. The van der Waals surface area contributed by atoms with Crippen LogP contribution >= 0.6 is 31.9 Å². The van der Waals surface area contributed by atoms with Crippen LogP contribution in [0.15, 0.2) is 56.3 Å². The van der Waals surface area contributed by atoms with Crippen LogP contribution in [0.3, 0.4) is 0 Å². The van der Waals surface area contributed by atoms with Gasteiger partial charge in [0.05, 0.1) is 5.69 Å². The molecule has 0 radical (unpaired) electrons. The minimum atomic E-state index is -3.65. The second kappa shape index (κ2) is 6.37. The summed E-state index contributed by atoms with van der Waals surface area (Å²) in [6.45, 7) is 2.12. The second-order valence-electron chi connectivity index (χ2n) is 4.34. The summed E-state index contributed by atoms with van der Waals surface area (Å²) in [5.74, 6) is 0. The largest absolute Gasteiger partial charge is 0.399 e. The third kappa shape index (κ3) is 3.41. The number of rotatable bonds is 4. The Morgan fingerprint density at radius 2 is 1.71 bits per heavy atom. The molecule has 0 spiro atoms. The summed E-state index contributed by atoms with van der Waals surface area (Å²) in [5.41, 5.74) is 6.83. The van der Waals surface area contributed by atoms with Gasteiger partial charge in [-0.15, -0.1) is 0 Å². The first kappa shape index (κ1) is 16.3. The van der Waals surface area contributed by atoms with E-state index in [4.69, 9.17) is 5.73 Å². The first-order valence-electron chi connectivity index (χ1n) is 6.19. The predicted octanol–water partition coefficient (Wildman–Crippen LogP) is 4.01. The molecule has 2 rings (SSSR count). The Kier molecular flexibility index (Phi) is 4.95. The first-order valence-corrected chi connectivity index (χ1v) is 9.22. The van der Waals surface area contributed by atoms with Gasteiger partial charge < -0.3 is 5.73 Å². The number of halogens is 2. The predicted molar refractivity (Wildman–Crippen MR) is 92.9 cm³/mol. The number of hydrogen-bond acceptors (Lipinski definition) is 3. The molecule has 0 aliphatic carbocycles. The van der Waals surface area contributed by atoms with Gasteiger partial charge in [0.25, 0.3) is 10.0 Å². The number of nitrogens with two attached hydrogens (primary N) is 1. The molecule has 0 bridgehead atoms. The highest BCUT2D eigenvalue weighted by Gasteiger charge is 2.26. The molecule has 2 aromatic carbocycles. The molecule has 2 aromatic rings. The van der Waals surface area contributed by atoms with Gasteiger partial charge >= 0.3 is 0 Å². The van der Waals surface area contributed by atoms with Gasteiger partial charge in [0, 0.05) is 21.2 Å². The minimum absolute atomic E-state index is 0.218. The summed E-state index contributed by atoms with van der Waals surface area (Å²) in [4.78, 5) is 0.218. The molecule has 0 aromatic heterocycles. The Labute approximate surface area is 141 Å². The van der Waals surface area contributed by atoms with Crippen molar-refractivity contribution in [2.45, 2.75) is 11.8 Å². The molecule has 0 amide bonds. The zero-order valence-electron chi connectivity index (χ0n) is 11.3. The van der Waals surface area contributed by atoms with Gasteiger partial charge in [0.1, 0.15) is 4.90 Å². The molecule has 21 heavy (non-hydrogen) atoms. The van der Waals surface area contributed by atoms with E-state index in [0.717, 1.165) is 0 Å². The van der Waals surface area contributed by atoms with Gasteiger partial charge in [0.2, 0.25) is 0 Å². The monoisotopic (exact) mass is 432 g/mol. The van der Waals surface area contributed by atoms with E-state index in [1.165, 1.54) is 4.31 Å². The van der Waals surface area contributed by atoms with E-state index in [-0.39, 0.29) is 4.90 Å². The van der Waals surface area contributed by atoms with E-state index < -0.39 is 10.0 Å². The average Bonchev–Trinajstić information content (AvgIpc) is 2.44. The smallest absolute Gasteiger partial charge is 0.265 e. The van der Waals surface area contributed by atoms with Crippen LogP contribution in [0, 0.1) is 0 Å². The molecule has 4 nitrogen and oxygen atoms in total. The van der Waals surface area contributed by atoms with Crippen molar-refractivity contribution in [1.82, 2.24) is 0 Å². The van der Waals surface area contributed by atoms with Crippen molar-refractivity contribution in [3.05, 3.63) is 51.4 Å². The summed E-state index contributed by atoms with van der Waals surface area (Å²) in [7, 11) is -3.65. The van der Waals surface area contributed by atoms with Gasteiger partial charge in [-0.2, -0.15) is 0 Å². The van der Waals surface area contributed by atoms with Gasteiger partial charge in [-0.05, 0) is 65.3 Å². The highest BCUT2D eigenvalue weighted by atomic mass is 79.9. The van der Waals surface area contributed by atoms with Crippen molar-refractivity contribution < 1.29 is 8.42 Å². The first-order chi connectivity index (χ1) is 9.86. The fourth-order valence-electron chi connectivity index (χ4n) is 1.93. The number of nitrogen functional groups attached to an aromatic ring is 1. The Morgan fingerprint density at radius 3 is 2.29 bits per heavy atom. The lowest BCUT2D eigenvalue weighted by Crippen LogP contribution is -2.31. The lowest BCUT2D eigenvalue weighted by molar-refractivity contribution is 0.591. The molecule has 0 fully saturated rings. The lowest BCUT2D eigenvalue weighted by atomic mass is 10.3. The molecule has 0 atom stereocenters. The molecule has 0 heterocycles. The maximum Gasteiger partial charge on any atom is 0.265 e. The van der Waals surface area contributed by atoms with Crippen LogP contribution in [-0.2, 0) is 10.0 Å². The lowest BCUT2D eigenvalue weighted by Gasteiger charge is -2.23. The third-order valence-electron chi connectivity index (χ3n) is 2.93. The van der Waals surface area contributed by atoms with Crippen LogP contribution in [0.4, 0.5) is 11.4 Å². The number of nitrogens with zero attached hydrogens (tertiary/aromatic N) is 1. The zero-order valence-corrected chi connectivity index (χ0v) is 15.2. The SMILES string of the molecule is CCN(c1ccc(N)cc1)S(=O)(=O)c1cc(Br)ccc1Br. The van der Waals surface area contributed by atoms with Crippen LogP contribution in [-0.4, -0.2) is 15.0 Å². The molecule has 0 saturated heterocycles. The van der Waals surface area contributed by atoms with E-state index in [9.17, 15) is 8.42 Å². The quantitative estimate of drug-likeness (QED) is 0.740. The third-order valence-corrected chi connectivity index (χ3v) is 6.32. The Balaban J connectivity index is 2.54. The minimum Gasteiger partial charge on any atom is -0.399 e. The topological polar surface area (TPSA) is 63.4 Å². The molecule has 7 heteroatoms. The molecule has 0 aliphatic heterocycles. The maximum absolute atomic E-state index is 12.9. The summed E-state index contributed by atoms with van der Waals surface area (Å²) in [6.07, 6.45) is 0. The normalized spacial score (nSPS) is 11.4. The molecule has 0 unspecified atom stereocenters. The van der Waals surface area contributed by atoms with Crippen LogP contribution < -0.4 is 10.0 Å². The van der Waals surface area contributed by atoms with Crippen molar-refractivity contribution in [2.24, 2.45) is 0 Å². The van der Waals surface area contributed by atoms with Crippen LogP contribution in [0.5, 0.6) is 0 Å². The molecular weight excluding hydrogens is 420 g/mol. The van der Waals surface area contributed by atoms with E-state index >= 15 is 0 Å². The molecule has 0 saturated carbocycles. The van der Waals surface area contributed by atoms with E-state index in [1.807, 2.05) is 0 Å². The van der Waals surface area contributed by atoms with Crippen LogP contribution in [0.25, 0.3) is 0 Å². The standard InChI is InChI=1S/C14H14Br2N2O2S/c1-2-18(12-6-4-11(17)5-7-12)21(19,20)14-9-10(15)3-8-13(14)16/h3-9H,2,17H2,1H3. The fourth-order valence-corrected chi connectivity index (χ4v) is 4.87. The Hall–Kier alpha value is -1.05. The van der Waals surface area contributed by atoms with E-state index in [0.29, 0.717) is 26.9 Å². The molecule has 112 valence electrons. The van der Waals surface area contributed by atoms with Gasteiger partial charge in [-0.25, -0.2) is 8.42 Å². The number of anilines is 2. The van der Waals surface area contributed by atoms with Crippen LogP contribution in [0.1, 0.15) is 6.92 Å². The Bertz CT molecular complexity index is 746. The molecule has 0 aliphatic rings. The zero-order chi connectivity index (χ0) is 15.6. The fraction of sp³-hybridized carbons (Fsp3) is 0.143. The Morgan fingerprint density at radius 1 is 1.10 bits per heavy atom. The summed E-state index contributed by atoms with van der Waals surface area (Å²) < 4.78 is 28.3. The van der Waals surface area contributed by atoms with Gasteiger partial charge in [-0.1, -0.05) is 15.9 Å². The molecule has 2 N–H and O–H groups in total. The number of hydrogen-bond donors (Lipinski definition) is 1. The summed E-state index contributed by atoms with van der Waals surface area (Å²) in [6, 6.07) is 11.8. The van der Waals surface area contributed by atoms with E-state index in [2.05, 4.69) is 31.9 Å². The van der Waals surface area contributed by atoms with Crippen molar-refractivity contribution in [3.8, 4) is 0 Å². The van der Waals surface area contributed by atoms with Crippen molar-refractivity contribution in [2.75, 3.05) is 16.6 Å². The highest BCUT2D eigenvalue weighted by Crippen LogP contribution is 2.31. The summed E-state index contributed by atoms with van der Waals surface area (Å²) >= 11 is 6.61. The van der Waals surface area contributed by atoms with Crippen molar-refractivity contribution in [1.29, 1.82) is 0 Å². The van der Waals surface area contributed by atoms with Crippen molar-refractivity contribution in [3.63, 3.8) is 0 Å².